The van der Waals surface area contributed by atoms with Gasteiger partial charge in [-0.15, -0.1) is 0 Å². The number of aryl methyl sites for hydroxylation is 1. The zero-order valence-corrected chi connectivity index (χ0v) is 17.1. The summed E-state index contributed by atoms with van der Waals surface area (Å²) in [5.74, 6) is 3.49. The Hall–Kier alpha value is -2.10. The molecule has 1 aromatic heterocycles. The second kappa shape index (κ2) is 6.75. The lowest BCUT2D eigenvalue weighted by Gasteiger charge is -2.56. The highest BCUT2D eigenvalue weighted by Gasteiger charge is 2.51. The highest BCUT2D eigenvalue weighted by molar-refractivity contribution is 5.94. The molecule has 1 aromatic carbocycles. The Morgan fingerprint density at radius 3 is 2.18 bits per heavy atom. The molecule has 4 nitrogen and oxygen atoms in total. The molecule has 4 saturated carbocycles. The molecule has 0 radical (unpaired) electrons. The van der Waals surface area contributed by atoms with E-state index in [9.17, 15) is 4.79 Å². The molecule has 0 spiro atoms. The summed E-state index contributed by atoms with van der Waals surface area (Å²) >= 11 is 0. The van der Waals surface area contributed by atoms with Gasteiger partial charge < -0.3 is 5.32 Å². The van der Waals surface area contributed by atoms with Crippen LogP contribution in [0.5, 0.6) is 0 Å². The van der Waals surface area contributed by atoms with E-state index >= 15 is 0 Å². The standard InChI is InChI=1S/C24H31N3O/c1-3-20-22(25-21(4-2)27(20)19-8-6-5-7-9-19)23(28)26-24-13-16-10-17(14-24)12-18(11-16)15-24/h5-9,16-18H,3-4,10-15H2,1-2H3,(H,26,28). The SMILES string of the molecule is CCc1nc(C(=O)NC23CC4CC(CC(C4)C2)C3)c(CC)n1-c1ccccc1. The van der Waals surface area contributed by atoms with E-state index in [0.717, 1.165) is 47.8 Å². The number of carbonyl (C=O) groups excluding carboxylic acids is 1. The quantitative estimate of drug-likeness (QED) is 0.821. The topological polar surface area (TPSA) is 46.9 Å². The molecule has 0 atom stereocenters. The van der Waals surface area contributed by atoms with Gasteiger partial charge in [0.15, 0.2) is 0 Å². The van der Waals surface area contributed by atoms with Crippen LogP contribution in [0.2, 0.25) is 0 Å². The van der Waals surface area contributed by atoms with Crippen LogP contribution in [-0.4, -0.2) is 21.0 Å². The number of aromatic nitrogens is 2. The van der Waals surface area contributed by atoms with E-state index in [4.69, 9.17) is 4.98 Å². The molecule has 28 heavy (non-hydrogen) atoms. The number of rotatable bonds is 5. The summed E-state index contributed by atoms with van der Waals surface area (Å²) in [4.78, 5) is 18.3. The number of para-hydroxylation sites is 1. The largest absolute Gasteiger partial charge is 0.345 e. The van der Waals surface area contributed by atoms with E-state index < -0.39 is 0 Å². The van der Waals surface area contributed by atoms with Crippen molar-refractivity contribution in [2.75, 3.05) is 0 Å². The Labute approximate surface area is 167 Å². The molecule has 2 aromatic rings. The molecule has 0 unspecified atom stereocenters. The smallest absolute Gasteiger partial charge is 0.272 e. The second-order valence-corrected chi connectivity index (χ2v) is 9.35. The Kier molecular flexibility index (Phi) is 4.33. The summed E-state index contributed by atoms with van der Waals surface area (Å²) in [7, 11) is 0. The van der Waals surface area contributed by atoms with Crippen molar-refractivity contribution < 1.29 is 4.79 Å². The number of imidazole rings is 1. The Balaban J connectivity index is 1.48. The number of nitrogens with one attached hydrogen (secondary N) is 1. The maximum atomic E-state index is 13.4. The molecule has 148 valence electrons. The summed E-state index contributed by atoms with van der Waals surface area (Å²) in [5.41, 5.74) is 2.79. The lowest BCUT2D eigenvalue weighted by molar-refractivity contribution is -0.0168. The van der Waals surface area contributed by atoms with Gasteiger partial charge in [0.05, 0.1) is 5.69 Å². The third-order valence-corrected chi connectivity index (χ3v) is 7.34. The zero-order valence-electron chi connectivity index (χ0n) is 17.1. The van der Waals surface area contributed by atoms with Crippen LogP contribution in [0.25, 0.3) is 5.69 Å². The van der Waals surface area contributed by atoms with Gasteiger partial charge in [0.1, 0.15) is 11.5 Å². The van der Waals surface area contributed by atoms with Crippen molar-refractivity contribution in [2.45, 2.75) is 70.8 Å². The zero-order chi connectivity index (χ0) is 19.3. The maximum Gasteiger partial charge on any atom is 0.272 e. The van der Waals surface area contributed by atoms with Crippen molar-refractivity contribution in [3.63, 3.8) is 0 Å². The van der Waals surface area contributed by atoms with Gasteiger partial charge in [-0.05, 0) is 74.8 Å². The lowest BCUT2D eigenvalue weighted by atomic mass is 9.53. The minimum absolute atomic E-state index is 0.0275. The lowest BCUT2D eigenvalue weighted by Crippen LogP contribution is -2.60. The number of benzene rings is 1. The molecule has 4 bridgehead atoms. The van der Waals surface area contributed by atoms with Crippen molar-refractivity contribution in [2.24, 2.45) is 17.8 Å². The molecule has 4 heteroatoms. The molecule has 4 aliphatic carbocycles. The second-order valence-electron chi connectivity index (χ2n) is 9.35. The molecule has 0 aliphatic heterocycles. The summed E-state index contributed by atoms with van der Waals surface area (Å²) < 4.78 is 2.19. The average molecular weight is 378 g/mol. The first-order valence-corrected chi connectivity index (χ1v) is 11.1. The third kappa shape index (κ3) is 2.89. The van der Waals surface area contributed by atoms with Crippen molar-refractivity contribution in [1.82, 2.24) is 14.9 Å². The summed E-state index contributed by atoms with van der Waals surface area (Å²) in [6.45, 7) is 4.24. The van der Waals surface area contributed by atoms with Gasteiger partial charge in [-0.3, -0.25) is 9.36 Å². The van der Waals surface area contributed by atoms with Crippen LogP contribution in [-0.2, 0) is 12.8 Å². The van der Waals surface area contributed by atoms with E-state index in [-0.39, 0.29) is 11.4 Å². The van der Waals surface area contributed by atoms with Crippen molar-refractivity contribution in [3.8, 4) is 5.69 Å². The molecule has 4 fully saturated rings. The van der Waals surface area contributed by atoms with Crippen LogP contribution in [0.3, 0.4) is 0 Å². The van der Waals surface area contributed by atoms with Gasteiger partial charge in [0.25, 0.3) is 5.91 Å². The van der Waals surface area contributed by atoms with Crippen LogP contribution in [0.15, 0.2) is 30.3 Å². The highest BCUT2D eigenvalue weighted by atomic mass is 16.2. The number of hydrogen-bond donors (Lipinski definition) is 1. The summed E-state index contributed by atoms with van der Waals surface area (Å²) in [6, 6.07) is 10.3. The minimum atomic E-state index is 0.0275. The summed E-state index contributed by atoms with van der Waals surface area (Å²) in [5, 5.41) is 3.52. The van der Waals surface area contributed by atoms with Crippen LogP contribution < -0.4 is 5.32 Å². The predicted molar refractivity (Wildman–Crippen MR) is 111 cm³/mol. The van der Waals surface area contributed by atoms with Crippen molar-refractivity contribution >= 4 is 5.91 Å². The minimum Gasteiger partial charge on any atom is -0.345 e. The fourth-order valence-electron chi connectivity index (χ4n) is 6.70. The van der Waals surface area contributed by atoms with Crippen molar-refractivity contribution in [3.05, 3.63) is 47.5 Å². The molecule has 1 amide bonds. The molecular weight excluding hydrogens is 346 g/mol. The number of carbonyl (C=O) groups is 1. The van der Waals surface area contributed by atoms with E-state index in [0.29, 0.717) is 5.69 Å². The molecule has 0 saturated heterocycles. The molecular formula is C24H31N3O. The Bertz CT molecular complexity index is 847. The van der Waals surface area contributed by atoms with Gasteiger partial charge in [0.2, 0.25) is 0 Å². The highest BCUT2D eigenvalue weighted by Crippen LogP contribution is 2.55. The number of nitrogens with zero attached hydrogens (tertiary/aromatic N) is 2. The fraction of sp³-hybridized carbons (Fsp3) is 0.583. The van der Waals surface area contributed by atoms with Gasteiger partial charge >= 0.3 is 0 Å². The van der Waals surface area contributed by atoms with Gasteiger partial charge in [-0.25, -0.2) is 4.98 Å². The predicted octanol–water partition coefficient (Wildman–Crippen LogP) is 4.70. The van der Waals surface area contributed by atoms with Crippen molar-refractivity contribution in [1.29, 1.82) is 0 Å². The fourth-order valence-corrected chi connectivity index (χ4v) is 6.70. The van der Waals surface area contributed by atoms with E-state index in [2.05, 4.69) is 35.9 Å². The Morgan fingerprint density at radius 1 is 1.04 bits per heavy atom. The van der Waals surface area contributed by atoms with Gasteiger partial charge in [-0.1, -0.05) is 32.0 Å². The average Bonchev–Trinajstić information content (AvgIpc) is 3.06. The molecule has 6 rings (SSSR count). The molecule has 4 aliphatic rings. The van der Waals surface area contributed by atoms with Crippen LogP contribution in [0, 0.1) is 17.8 Å². The van der Waals surface area contributed by atoms with Crippen LogP contribution in [0.4, 0.5) is 0 Å². The first-order chi connectivity index (χ1) is 13.6. The first kappa shape index (κ1) is 18.0. The van der Waals surface area contributed by atoms with Crippen LogP contribution in [0.1, 0.15) is 74.4 Å². The third-order valence-electron chi connectivity index (χ3n) is 7.34. The number of hydrogen-bond acceptors (Lipinski definition) is 2. The van der Waals surface area contributed by atoms with Crippen LogP contribution >= 0.6 is 0 Å². The van der Waals surface area contributed by atoms with E-state index in [1.165, 1.54) is 38.5 Å². The van der Waals surface area contributed by atoms with Gasteiger partial charge in [0, 0.05) is 17.6 Å². The monoisotopic (exact) mass is 377 g/mol. The molecule has 1 N–H and O–H groups in total. The van der Waals surface area contributed by atoms with E-state index in [1.807, 2.05) is 18.2 Å². The maximum absolute atomic E-state index is 13.4. The molecule has 1 heterocycles. The number of amides is 1. The summed E-state index contributed by atoms with van der Waals surface area (Å²) in [6.07, 6.45) is 9.29. The normalized spacial score (nSPS) is 30.6. The Morgan fingerprint density at radius 2 is 1.64 bits per heavy atom. The first-order valence-electron chi connectivity index (χ1n) is 11.1. The van der Waals surface area contributed by atoms with Gasteiger partial charge in [-0.2, -0.15) is 0 Å². The van der Waals surface area contributed by atoms with E-state index in [1.54, 1.807) is 0 Å².